The topological polar surface area (TPSA) is 76.7 Å². The highest BCUT2D eigenvalue weighted by Crippen LogP contribution is 2.28. The van der Waals surface area contributed by atoms with Crippen LogP contribution in [-0.4, -0.2) is 27.8 Å². The van der Waals surface area contributed by atoms with Crippen molar-refractivity contribution in [2.75, 3.05) is 6.54 Å². The molecule has 2 atom stereocenters. The summed E-state index contributed by atoms with van der Waals surface area (Å²) in [6, 6.07) is 8.91. The van der Waals surface area contributed by atoms with Gasteiger partial charge in [0.1, 0.15) is 0 Å². The molecule has 0 amide bonds. The minimum Gasteiger partial charge on any atom is -0.330 e. The lowest BCUT2D eigenvalue weighted by Gasteiger charge is -2.29. The molecule has 1 aliphatic rings. The molecule has 0 saturated heterocycles. The first kappa shape index (κ1) is 16.0. The summed E-state index contributed by atoms with van der Waals surface area (Å²) < 4.78 is 0. The van der Waals surface area contributed by atoms with E-state index in [1.54, 1.807) is 6.20 Å². The van der Waals surface area contributed by atoms with Crippen molar-refractivity contribution in [3.8, 4) is 0 Å². The highest BCUT2D eigenvalue weighted by atomic mass is 15.1. The van der Waals surface area contributed by atoms with E-state index >= 15 is 0 Å². The average molecular weight is 311 g/mol. The number of hydrogen-bond donors (Lipinski definition) is 2. The molecule has 3 rings (SSSR count). The van der Waals surface area contributed by atoms with Crippen molar-refractivity contribution >= 4 is 0 Å². The van der Waals surface area contributed by atoms with Gasteiger partial charge < -0.3 is 11.1 Å². The third kappa shape index (κ3) is 4.33. The number of aryl methyl sites for hydroxylation is 1. The Kier molecular flexibility index (Phi) is 5.66. The molecule has 0 aromatic carbocycles. The molecule has 2 aromatic heterocycles. The molecule has 2 aromatic rings. The maximum absolute atomic E-state index is 5.71. The maximum Gasteiger partial charge on any atom is 0.0646 e. The Balaban J connectivity index is 1.71. The molecule has 0 fully saturated rings. The zero-order chi connectivity index (χ0) is 15.9. The number of rotatable bonds is 7. The average Bonchev–Trinajstić information content (AvgIpc) is 2.61. The summed E-state index contributed by atoms with van der Waals surface area (Å²) >= 11 is 0. The van der Waals surface area contributed by atoms with Gasteiger partial charge in [0, 0.05) is 30.9 Å². The fraction of sp³-hybridized carbons (Fsp3) is 0.500. The molecular formula is C18H25N5. The van der Waals surface area contributed by atoms with Gasteiger partial charge in [-0.25, -0.2) is 0 Å². The molecule has 0 saturated carbocycles. The number of pyridine rings is 1. The predicted molar refractivity (Wildman–Crippen MR) is 90.9 cm³/mol. The van der Waals surface area contributed by atoms with Crippen LogP contribution in [0, 0.1) is 0 Å². The van der Waals surface area contributed by atoms with Crippen LogP contribution < -0.4 is 11.1 Å². The molecule has 122 valence electrons. The third-order valence-corrected chi connectivity index (χ3v) is 4.47. The SMILES string of the molecule is NCCCC(Cc1cccnn1)NC1CCCc2cccnc21. The van der Waals surface area contributed by atoms with E-state index in [0.717, 1.165) is 44.3 Å². The number of fused-ring (bicyclic) bond motifs is 1. The van der Waals surface area contributed by atoms with E-state index in [1.807, 2.05) is 24.4 Å². The molecule has 0 radical (unpaired) electrons. The molecule has 2 heterocycles. The molecule has 23 heavy (non-hydrogen) atoms. The summed E-state index contributed by atoms with van der Waals surface area (Å²) in [5.74, 6) is 0. The third-order valence-electron chi connectivity index (χ3n) is 4.47. The first-order valence-corrected chi connectivity index (χ1v) is 8.53. The summed E-state index contributed by atoms with van der Waals surface area (Å²) in [6.07, 6.45) is 10.1. The lowest BCUT2D eigenvalue weighted by atomic mass is 9.90. The van der Waals surface area contributed by atoms with Gasteiger partial charge in [-0.2, -0.15) is 10.2 Å². The van der Waals surface area contributed by atoms with Gasteiger partial charge in [-0.05, 0) is 62.4 Å². The van der Waals surface area contributed by atoms with Crippen molar-refractivity contribution in [2.45, 2.75) is 50.6 Å². The minimum absolute atomic E-state index is 0.333. The van der Waals surface area contributed by atoms with Gasteiger partial charge in [0.05, 0.1) is 11.4 Å². The van der Waals surface area contributed by atoms with Crippen LogP contribution in [0.25, 0.3) is 0 Å². The molecule has 1 aliphatic carbocycles. The molecule has 5 heteroatoms. The lowest BCUT2D eigenvalue weighted by Crippen LogP contribution is -2.37. The maximum atomic E-state index is 5.71. The summed E-state index contributed by atoms with van der Waals surface area (Å²) in [6.45, 7) is 0.720. The first-order chi connectivity index (χ1) is 11.4. The van der Waals surface area contributed by atoms with E-state index in [9.17, 15) is 0 Å². The van der Waals surface area contributed by atoms with Crippen molar-refractivity contribution < 1.29 is 0 Å². The van der Waals surface area contributed by atoms with E-state index in [4.69, 9.17) is 5.73 Å². The number of nitrogens with two attached hydrogens (primary N) is 1. The largest absolute Gasteiger partial charge is 0.330 e. The standard InChI is InChI=1S/C18H25N5/c19-10-2-7-15(13-16-8-4-12-21-23-16)22-17-9-1-5-14-6-3-11-20-18(14)17/h3-4,6,8,11-12,15,17,22H,1-2,5,7,9-10,13,19H2. The molecule has 2 unspecified atom stereocenters. The van der Waals surface area contributed by atoms with Gasteiger partial charge in [0.2, 0.25) is 0 Å². The highest BCUT2D eigenvalue weighted by Gasteiger charge is 2.24. The quantitative estimate of drug-likeness (QED) is 0.819. The fourth-order valence-electron chi connectivity index (χ4n) is 3.36. The van der Waals surface area contributed by atoms with Crippen molar-refractivity contribution in [1.82, 2.24) is 20.5 Å². The number of hydrogen-bond acceptors (Lipinski definition) is 5. The van der Waals surface area contributed by atoms with Crippen LogP contribution >= 0.6 is 0 Å². The Morgan fingerprint density at radius 2 is 2.17 bits per heavy atom. The van der Waals surface area contributed by atoms with Crippen LogP contribution in [0.2, 0.25) is 0 Å². The zero-order valence-electron chi connectivity index (χ0n) is 13.5. The van der Waals surface area contributed by atoms with Crippen LogP contribution in [0.3, 0.4) is 0 Å². The predicted octanol–water partition coefficient (Wildman–Crippen LogP) is 2.19. The smallest absolute Gasteiger partial charge is 0.0646 e. The normalized spacial score (nSPS) is 18.4. The van der Waals surface area contributed by atoms with E-state index in [0.29, 0.717) is 12.1 Å². The Labute approximate surface area is 137 Å². The Hall–Kier alpha value is -1.85. The molecule has 0 spiro atoms. The van der Waals surface area contributed by atoms with Crippen LogP contribution in [0.1, 0.15) is 48.7 Å². The van der Waals surface area contributed by atoms with Crippen molar-refractivity contribution in [3.05, 3.63) is 53.6 Å². The van der Waals surface area contributed by atoms with E-state index in [1.165, 1.54) is 17.7 Å². The van der Waals surface area contributed by atoms with Gasteiger partial charge in [-0.1, -0.05) is 6.07 Å². The zero-order valence-corrected chi connectivity index (χ0v) is 13.5. The van der Waals surface area contributed by atoms with Gasteiger partial charge in [0.15, 0.2) is 0 Å². The number of nitrogens with zero attached hydrogens (tertiary/aromatic N) is 3. The van der Waals surface area contributed by atoms with Crippen molar-refractivity contribution in [3.63, 3.8) is 0 Å². The molecule has 5 nitrogen and oxygen atoms in total. The molecule has 0 aliphatic heterocycles. The van der Waals surface area contributed by atoms with Crippen LogP contribution in [0.5, 0.6) is 0 Å². The second-order valence-electron chi connectivity index (χ2n) is 6.21. The van der Waals surface area contributed by atoms with E-state index in [-0.39, 0.29) is 0 Å². The van der Waals surface area contributed by atoms with Crippen molar-refractivity contribution in [2.24, 2.45) is 5.73 Å². The minimum atomic E-state index is 0.333. The number of nitrogens with one attached hydrogen (secondary N) is 1. The van der Waals surface area contributed by atoms with Crippen LogP contribution in [-0.2, 0) is 12.8 Å². The van der Waals surface area contributed by atoms with E-state index < -0.39 is 0 Å². The molecule has 0 bridgehead atoms. The summed E-state index contributed by atoms with van der Waals surface area (Å²) in [7, 11) is 0. The van der Waals surface area contributed by atoms with Gasteiger partial charge in [0.25, 0.3) is 0 Å². The van der Waals surface area contributed by atoms with Gasteiger partial charge in [-0.15, -0.1) is 0 Å². The van der Waals surface area contributed by atoms with Crippen LogP contribution in [0.15, 0.2) is 36.7 Å². The van der Waals surface area contributed by atoms with Crippen molar-refractivity contribution in [1.29, 1.82) is 0 Å². The summed E-state index contributed by atoms with van der Waals surface area (Å²) in [5.41, 5.74) is 9.34. The molecule has 3 N–H and O–H groups in total. The lowest BCUT2D eigenvalue weighted by molar-refractivity contribution is 0.364. The second kappa shape index (κ2) is 8.13. The van der Waals surface area contributed by atoms with E-state index in [2.05, 4.69) is 26.6 Å². The first-order valence-electron chi connectivity index (χ1n) is 8.53. The Morgan fingerprint density at radius 1 is 1.26 bits per heavy atom. The number of aromatic nitrogens is 3. The van der Waals surface area contributed by atoms with Gasteiger partial charge in [-0.3, -0.25) is 4.98 Å². The molecular weight excluding hydrogens is 286 g/mol. The van der Waals surface area contributed by atoms with Gasteiger partial charge >= 0.3 is 0 Å². The Morgan fingerprint density at radius 3 is 3.00 bits per heavy atom. The monoisotopic (exact) mass is 311 g/mol. The Bertz CT molecular complexity index is 601. The van der Waals surface area contributed by atoms with Crippen LogP contribution in [0.4, 0.5) is 0 Å². The fourth-order valence-corrected chi connectivity index (χ4v) is 3.36. The summed E-state index contributed by atoms with van der Waals surface area (Å²) in [5, 5.41) is 12.0. The highest BCUT2D eigenvalue weighted by molar-refractivity contribution is 5.25. The second-order valence-corrected chi connectivity index (χ2v) is 6.21. The summed E-state index contributed by atoms with van der Waals surface area (Å²) in [4.78, 5) is 4.63.